The number of hydrogen-bond acceptors (Lipinski definition) is 1. The number of aryl methyl sites for hydroxylation is 1. The second kappa shape index (κ2) is 4.24. The molecule has 1 heteroatoms. The first-order valence-electron chi connectivity index (χ1n) is 6.80. The summed E-state index contributed by atoms with van der Waals surface area (Å²) < 4.78 is 6.00. The van der Waals surface area contributed by atoms with E-state index in [2.05, 4.69) is 55.5 Å². The Morgan fingerprint density at radius 3 is 2.40 bits per heavy atom. The highest BCUT2D eigenvalue weighted by Gasteiger charge is 2.09. The lowest BCUT2D eigenvalue weighted by Gasteiger charge is -2.01. The third-order valence-corrected chi connectivity index (χ3v) is 3.81. The van der Waals surface area contributed by atoms with Gasteiger partial charge < -0.3 is 4.42 Å². The van der Waals surface area contributed by atoms with Gasteiger partial charge in [-0.3, -0.25) is 0 Å². The van der Waals surface area contributed by atoms with E-state index in [1.807, 2.05) is 18.2 Å². The summed E-state index contributed by atoms with van der Waals surface area (Å²) in [5.74, 6) is 0. The van der Waals surface area contributed by atoms with E-state index >= 15 is 0 Å². The van der Waals surface area contributed by atoms with E-state index in [1.54, 1.807) is 0 Å². The molecule has 0 amide bonds. The van der Waals surface area contributed by atoms with Crippen LogP contribution in [0.15, 0.2) is 71.1 Å². The Hall–Kier alpha value is -2.54. The maximum absolute atomic E-state index is 6.00. The Morgan fingerprint density at radius 1 is 0.700 bits per heavy atom. The molecule has 0 unspecified atom stereocenters. The van der Waals surface area contributed by atoms with E-state index in [0.29, 0.717) is 0 Å². The van der Waals surface area contributed by atoms with Crippen LogP contribution in [0.5, 0.6) is 0 Å². The third-order valence-electron chi connectivity index (χ3n) is 3.81. The first-order valence-corrected chi connectivity index (χ1v) is 6.80. The van der Waals surface area contributed by atoms with Gasteiger partial charge in [0.1, 0.15) is 11.2 Å². The number of fused-ring (bicyclic) bond motifs is 3. The topological polar surface area (TPSA) is 13.1 Å². The van der Waals surface area contributed by atoms with E-state index in [-0.39, 0.29) is 0 Å². The molecule has 1 heterocycles. The number of benzene rings is 3. The van der Waals surface area contributed by atoms with Gasteiger partial charge in [0.2, 0.25) is 0 Å². The van der Waals surface area contributed by atoms with Crippen molar-refractivity contribution >= 4 is 21.9 Å². The van der Waals surface area contributed by atoms with Crippen LogP contribution >= 0.6 is 0 Å². The predicted molar refractivity (Wildman–Crippen MR) is 83.9 cm³/mol. The Morgan fingerprint density at radius 2 is 1.55 bits per heavy atom. The van der Waals surface area contributed by atoms with Gasteiger partial charge in [0.15, 0.2) is 0 Å². The van der Waals surface area contributed by atoms with Gasteiger partial charge in [-0.2, -0.15) is 0 Å². The van der Waals surface area contributed by atoms with Crippen LogP contribution in [-0.2, 0) is 0 Å². The largest absolute Gasteiger partial charge is 0.456 e. The van der Waals surface area contributed by atoms with E-state index in [4.69, 9.17) is 4.42 Å². The molecule has 3 aromatic carbocycles. The molecule has 0 saturated carbocycles. The van der Waals surface area contributed by atoms with E-state index in [1.165, 1.54) is 27.5 Å². The molecule has 0 aliphatic rings. The first-order chi connectivity index (χ1) is 9.83. The van der Waals surface area contributed by atoms with Gasteiger partial charge in [-0.1, -0.05) is 48.5 Å². The summed E-state index contributed by atoms with van der Waals surface area (Å²) in [6, 6.07) is 23.0. The Balaban J connectivity index is 2.01. The van der Waals surface area contributed by atoms with E-state index < -0.39 is 0 Å². The Labute approximate surface area is 117 Å². The van der Waals surface area contributed by atoms with Crippen LogP contribution in [0, 0.1) is 6.92 Å². The Kier molecular flexibility index (Phi) is 2.40. The van der Waals surface area contributed by atoms with Crippen molar-refractivity contribution in [1.82, 2.24) is 0 Å². The summed E-state index contributed by atoms with van der Waals surface area (Å²) in [6.45, 7) is 2.13. The normalized spacial score (nSPS) is 11.2. The smallest absolute Gasteiger partial charge is 0.136 e. The molecule has 1 aromatic heterocycles. The van der Waals surface area contributed by atoms with Crippen LogP contribution in [0.25, 0.3) is 33.1 Å². The van der Waals surface area contributed by atoms with Gasteiger partial charge in [0, 0.05) is 10.8 Å². The van der Waals surface area contributed by atoms with Gasteiger partial charge in [0.05, 0.1) is 0 Å². The molecular formula is C19H14O. The minimum absolute atomic E-state index is 0.954. The molecule has 0 spiro atoms. The molecule has 0 radical (unpaired) electrons. The van der Waals surface area contributed by atoms with Crippen LogP contribution in [0.2, 0.25) is 0 Å². The standard InChI is InChI=1S/C19H14O/c1-13-6-5-9-17-19(13)16-11-10-15(12-18(16)20-17)14-7-3-2-4-8-14/h2-12H,1H3. The van der Waals surface area contributed by atoms with Crippen LogP contribution in [-0.4, -0.2) is 0 Å². The fourth-order valence-electron chi connectivity index (χ4n) is 2.81. The summed E-state index contributed by atoms with van der Waals surface area (Å²) >= 11 is 0. The molecule has 0 saturated heterocycles. The fraction of sp³-hybridized carbons (Fsp3) is 0.0526. The number of furan rings is 1. The molecule has 0 aliphatic carbocycles. The van der Waals surface area contributed by atoms with Crippen molar-refractivity contribution in [2.75, 3.05) is 0 Å². The van der Waals surface area contributed by atoms with Crippen LogP contribution in [0.3, 0.4) is 0 Å². The zero-order valence-electron chi connectivity index (χ0n) is 11.3. The highest BCUT2D eigenvalue weighted by atomic mass is 16.3. The van der Waals surface area contributed by atoms with Crippen molar-refractivity contribution in [3.63, 3.8) is 0 Å². The molecule has 96 valence electrons. The van der Waals surface area contributed by atoms with Crippen LogP contribution < -0.4 is 0 Å². The highest BCUT2D eigenvalue weighted by molar-refractivity contribution is 6.07. The maximum Gasteiger partial charge on any atom is 0.136 e. The second-order valence-corrected chi connectivity index (χ2v) is 5.13. The zero-order chi connectivity index (χ0) is 13.5. The lowest BCUT2D eigenvalue weighted by atomic mass is 10.0. The van der Waals surface area contributed by atoms with Crippen molar-refractivity contribution < 1.29 is 4.42 Å². The van der Waals surface area contributed by atoms with Gasteiger partial charge in [0.25, 0.3) is 0 Å². The molecule has 0 bridgehead atoms. The molecule has 20 heavy (non-hydrogen) atoms. The highest BCUT2D eigenvalue weighted by Crippen LogP contribution is 2.33. The van der Waals surface area contributed by atoms with Gasteiger partial charge >= 0.3 is 0 Å². The van der Waals surface area contributed by atoms with Crippen molar-refractivity contribution in [3.8, 4) is 11.1 Å². The average molecular weight is 258 g/mol. The summed E-state index contributed by atoms with van der Waals surface area (Å²) in [4.78, 5) is 0. The molecule has 0 N–H and O–H groups in total. The van der Waals surface area contributed by atoms with Crippen LogP contribution in [0.4, 0.5) is 0 Å². The van der Waals surface area contributed by atoms with Crippen LogP contribution in [0.1, 0.15) is 5.56 Å². The van der Waals surface area contributed by atoms with Gasteiger partial charge in [-0.15, -0.1) is 0 Å². The number of rotatable bonds is 1. The summed E-state index contributed by atoms with van der Waals surface area (Å²) in [5.41, 5.74) is 5.58. The third kappa shape index (κ3) is 1.64. The minimum atomic E-state index is 0.954. The van der Waals surface area contributed by atoms with Crippen molar-refractivity contribution in [1.29, 1.82) is 0 Å². The quantitative estimate of drug-likeness (QED) is 0.435. The first kappa shape index (κ1) is 11.3. The summed E-state index contributed by atoms with van der Waals surface area (Å²) in [7, 11) is 0. The molecule has 1 nitrogen and oxygen atoms in total. The monoisotopic (exact) mass is 258 g/mol. The molecule has 0 aliphatic heterocycles. The summed E-state index contributed by atoms with van der Waals surface area (Å²) in [5, 5.41) is 2.42. The molecule has 4 aromatic rings. The minimum Gasteiger partial charge on any atom is -0.456 e. The molecule has 4 rings (SSSR count). The SMILES string of the molecule is Cc1cccc2oc3cc(-c4ccccc4)ccc3c12. The fourth-order valence-corrected chi connectivity index (χ4v) is 2.81. The van der Waals surface area contributed by atoms with Crippen molar-refractivity contribution in [3.05, 3.63) is 72.3 Å². The Bertz CT molecular complexity index is 901. The zero-order valence-corrected chi connectivity index (χ0v) is 11.3. The molecule has 0 fully saturated rings. The van der Waals surface area contributed by atoms with Crippen molar-refractivity contribution in [2.45, 2.75) is 6.92 Å². The van der Waals surface area contributed by atoms with E-state index in [9.17, 15) is 0 Å². The average Bonchev–Trinajstić information content (AvgIpc) is 2.87. The summed E-state index contributed by atoms with van der Waals surface area (Å²) in [6.07, 6.45) is 0. The molecular weight excluding hydrogens is 244 g/mol. The molecule has 0 atom stereocenters. The van der Waals surface area contributed by atoms with Crippen molar-refractivity contribution in [2.24, 2.45) is 0 Å². The predicted octanol–water partition coefficient (Wildman–Crippen LogP) is 5.56. The maximum atomic E-state index is 6.00. The van der Waals surface area contributed by atoms with E-state index in [0.717, 1.165) is 11.2 Å². The lowest BCUT2D eigenvalue weighted by Crippen LogP contribution is -1.77. The number of hydrogen-bond donors (Lipinski definition) is 0. The van der Waals surface area contributed by atoms with Gasteiger partial charge in [-0.25, -0.2) is 0 Å². The second-order valence-electron chi connectivity index (χ2n) is 5.13. The lowest BCUT2D eigenvalue weighted by molar-refractivity contribution is 0.669. The van der Waals surface area contributed by atoms with Gasteiger partial charge in [-0.05, 0) is 41.8 Å².